The summed E-state index contributed by atoms with van der Waals surface area (Å²) >= 11 is -2.14. The number of rotatable bonds is 4. The molecule has 5 aliphatic rings. The first kappa shape index (κ1) is 27.2. The van der Waals surface area contributed by atoms with Gasteiger partial charge in [-0.25, -0.2) is 0 Å². The van der Waals surface area contributed by atoms with Crippen LogP contribution in [-0.2, 0) is 21.7 Å². The molecule has 6 heteroatoms. The van der Waals surface area contributed by atoms with Crippen LogP contribution in [0, 0.1) is 23.2 Å². The first-order valence-electron chi connectivity index (χ1n) is 13.4. The molecule has 1 amide bonds. The second-order valence-corrected chi connectivity index (χ2v) is 21.8. The quantitative estimate of drug-likeness (QED) is 0.437. The third-order valence-electron chi connectivity index (χ3n) is 9.50. The molecule has 0 aliphatic heterocycles. The summed E-state index contributed by atoms with van der Waals surface area (Å²) in [6.07, 6.45) is 6.67. The summed E-state index contributed by atoms with van der Waals surface area (Å²) < 4.78 is 4.34. The summed E-state index contributed by atoms with van der Waals surface area (Å²) in [5, 5.41) is 1.47. The number of hydrogen-bond acceptors (Lipinski definition) is 1. The van der Waals surface area contributed by atoms with Gasteiger partial charge in [0.25, 0.3) is 0 Å². The standard InChI is InChI=1S/C13H9.C11H17NO.C7H8Si.2ClH.Ti/c1-3-7-12-10(5-1)9-11-6-2-4-8-13(11)12;12-10(13)11-4-7-1-8(5-11)3-9(2-7)6-11;1-8-7-5-3-2-4-6-7;;;/h1-9H;7-9H,1-6H2,(H2,12,13);2-6H,1H3;2*1H;/q;;;;;+3/p-3. The van der Waals surface area contributed by atoms with E-state index in [0.29, 0.717) is 10.1 Å². The maximum absolute atomic E-state index is 14.4. The molecule has 0 saturated heterocycles. The van der Waals surface area contributed by atoms with E-state index in [9.17, 15) is 4.79 Å². The second kappa shape index (κ2) is 10.7. The molecule has 0 unspecified atom stereocenters. The van der Waals surface area contributed by atoms with Gasteiger partial charge in [0.1, 0.15) is 0 Å². The Bertz CT molecular complexity index is 1280. The number of hydrogen-bond donors (Lipinski definition) is 1. The van der Waals surface area contributed by atoms with Gasteiger partial charge in [-0.1, -0.05) is 0 Å². The van der Waals surface area contributed by atoms with Gasteiger partial charge in [-0.2, -0.15) is 0 Å². The summed E-state index contributed by atoms with van der Waals surface area (Å²) in [5.74, 6) is 2.82. The average molecular weight is 582 g/mol. The summed E-state index contributed by atoms with van der Waals surface area (Å²) in [4.78, 5) is 14.4. The average Bonchev–Trinajstić information content (AvgIpc) is 3.21. The fourth-order valence-corrected chi connectivity index (χ4v) is 19.6. The Morgan fingerprint density at radius 2 is 1.22 bits per heavy atom. The third-order valence-corrected chi connectivity index (χ3v) is 21.0. The first-order chi connectivity index (χ1) is 17.1. The van der Waals surface area contributed by atoms with Crippen molar-refractivity contribution in [1.82, 2.24) is 3.80 Å². The Labute approximate surface area is 239 Å². The molecule has 2 nitrogen and oxygen atoms in total. The number of fused-ring (bicyclic) bond motifs is 3. The number of benzene rings is 3. The van der Waals surface area contributed by atoms with Crippen molar-refractivity contribution < 1.29 is 46.5 Å². The Kier molecular flexibility index (Phi) is 7.84. The van der Waals surface area contributed by atoms with Gasteiger partial charge >= 0.3 is 216 Å². The van der Waals surface area contributed by atoms with Crippen LogP contribution in [0.3, 0.4) is 0 Å². The maximum Gasteiger partial charge on any atom is -1.00 e. The fraction of sp³-hybridized carbons (Fsp3) is 0.387. The zero-order valence-electron chi connectivity index (χ0n) is 21.2. The molecule has 0 radical (unpaired) electrons. The summed E-state index contributed by atoms with van der Waals surface area (Å²) in [6.45, 7) is 2.48. The van der Waals surface area contributed by atoms with Crippen LogP contribution in [0.1, 0.15) is 53.9 Å². The van der Waals surface area contributed by atoms with E-state index < -0.39 is 23.0 Å². The van der Waals surface area contributed by atoms with E-state index in [-0.39, 0.29) is 30.2 Å². The Morgan fingerprint density at radius 1 is 0.757 bits per heavy atom. The van der Waals surface area contributed by atoms with Gasteiger partial charge in [0.05, 0.1) is 0 Å². The molecular formula is C31H33Cl2NOSiTi. The normalized spacial score (nSPS) is 26.8. The molecule has 190 valence electrons. The van der Waals surface area contributed by atoms with Gasteiger partial charge in [0.2, 0.25) is 0 Å². The summed E-state index contributed by atoms with van der Waals surface area (Å²) in [7, 11) is 0. The van der Waals surface area contributed by atoms with Crippen molar-refractivity contribution in [2.45, 2.75) is 49.3 Å². The van der Waals surface area contributed by atoms with Crippen molar-refractivity contribution in [3.63, 3.8) is 0 Å². The molecule has 3 aromatic rings. The van der Waals surface area contributed by atoms with E-state index in [0.717, 1.165) is 37.0 Å². The molecule has 4 bridgehead atoms. The molecule has 5 aliphatic carbocycles. The van der Waals surface area contributed by atoms with Crippen LogP contribution in [0.15, 0.2) is 78.9 Å². The van der Waals surface area contributed by atoms with Gasteiger partial charge in [0, 0.05) is 0 Å². The van der Waals surface area contributed by atoms with Crippen molar-refractivity contribution >= 4 is 17.3 Å². The summed E-state index contributed by atoms with van der Waals surface area (Å²) in [5.41, 5.74) is 5.59. The fourth-order valence-electron chi connectivity index (χ4n) is 8.34. The van der Waals surface area contributed by atoms with Gasteiger partial charge in [-0.15, -0.1) is 0 Å². The largest absolute Gasteiger partial charge is 1.00 e. The van der Waals surface area contributed by atoms with Crippen molar-refractivity contribution in [3.8, 4) is 11.1 Å². The minimum absolute atomic E-state index is 0. The zero-order valence-corrected chi connectivity index (χ0v) is 25.3. The molecule has 0 aromatic heterocycles. The van der Waals surface area contributed by atoms with Crippen LogP contribution in [0.4, 0.5) is 0 Å². The van der Waals surface area contributed by atoms with Crippen molar-refractivity contribution in [2.75, 3.05) is 0 Å². The Morgan fingerprint density at radius 3 is 1.73 bits per heavy atom. The van der Waals surface area contributed by atoms with Gasteiger partial charge in [-0.05, 0) is 0 Å². The van der Waals surface area contributed by atoms with Crippen LogP contribution in [0.25, 0.3) is 11.1 Å². The zero-order chi connectivity index (χ0) is 23.6. The molecular weight excluding hydrogens is 549 g/mol. The number of carbonyl (C=O) groups is 1. The van der Waals surface area contributed by atoms with Gasteiger partial charge < -0.3 is 24.8 Å². The molecule has 1 N–H and O–H groups in total. The molecule has 0 atom stereocenters. The van der Waals surface area contributed by atoms with Crippen LogP contribution >= 0.6 is 0 Å². The monoisotopic (exact) mass is 581 g/mol. The minimum atomic E-state index is -2.14. The predicted molar refractivity (Wildman–Crippen MR) is 140 cm³/mol. The first-order valence-corrected chi connectivity index (χ1v) is 19.4. The van der Waals surface area contributed by atoms with Gasteiger partial charge in [-0.3, -0.25) is 0 Å². The second-order valence-electron chi connectivity index (χ2n) is 11.7. The van der Waals surface area contributed by atoms with Crippen molar-refractivity contribution in [1.29, 1.82) is 0 Å². The van der Waals surface area contributed by atoms with E-state index in [4.69, 9.17) is 0 Å². The molecule has 0 spiro atoms. The minimum Gasteiger partial charge on any atom is -1.00 e. The molecule has 0 heterocycles. The van der Waals surface area contributed by atoms with Crippen LogP contribution < -0.4 is 33.8 Å². The molecule has 8 rings (SSSR count). The van der Waals surface area contributed by atoms with E-state index >= 15 is 0 Å². The SMILES string of the molecule is C/[Si](c1ccccc1)=[Ti+2](/[NH]C(=O)C12CC3CC(CC(C3)C1)C2)[CH]1c2ccccc2-c2ccccc21.[Cl-].[Cl-]. The maximum atomic E-state index is 14.4. The van der Waals surface area contributed by atoms with Crippen LogP contribution in [0.2, 0.25) is 6.55 Å². The van der Waals surface area contributed by atoms with E-state index in [1.54, 1.807) is 0 Å². The number of amides is 1. The van der Waals surface area contributed by atoms with Crippen molar-refractivity contribution in [3.05, 3.63) is 90.0 Å². The number of nitrogens with one attached hydrogen (secondary N) is 1. The smallest absolute Gasteiger partial charge is 1.00 e. The molecule has 3 aromatic carbocycles. The van der Waals surface area contributed by atoms with Crippen molar-refractivity contribution in [2.24, 2.45) is 23.2 Å². The molecule has 4 saturated carbocycles. The number of halogens is 2. The van der Waals surface area contributed by atoms with Crippen LogP contribution in [0.5, 0.6) is 0 Å². The van der Waals surface area contributed by atoms with Crippen LogP contribution in [-0.4, -0.2) is 12.1 Å². The topological polar surface area (TPSA) is 29.1 Å². The Hall–Kier alpha value is -1.36. The van der Waals surface area contributed by atoms with E-state index in [2.05, 4.69) is 89.2 Å². The molecule has 37 heavy (non-hydrogen) atoms. The number of carbonyl (C=O) groups excluding carboxylic acids is 1. The predicted octanol–water partition coefficient (Wildman–Crippen LogP) is 0.159. The van der Waals surface area contributed by atoms with E-state index in [1.165, 1.54) is 46.7 Å². The summed E-state index contributed by atoms with van der Waals surface area (Å²) in [6, 6.07) is 29.1. The third kappa shape index (κ3) is 4.59. The molecule has 4 fully saturated rings. The van der Waals surface area contributed by atoms with E-state index in [1.807, 2.05) is 0 Å². The Balaban J connectivity index is 0.00000140. The van der Waals surface area contributed by atoms with Gasteiger partial charge in [0.15, 0.2) is 0 Å².